The lowest BCUT2D eigenvalue weighted by Crippen LogP contribution is -2.35. The molecule has 0 aliphatic rings. The summed E-state index contributed by atoms with van der Waals surface area (Å²) < 4.78 is 0. The van der Waals surface area contributed by atoms with Crippen molar-refractivity contribution < 1.29 is 4.79 Å². The molecule has 0 unspecified atom stereocenters. The molecule has 0 spiro atoms. The fraction of sp³-hybridized carbons (Fsp3) is 0.500. The van der Waals surface area contributed by atoms with Gasteiger partial charge in [-0.2, -0.15) is 5.10 Å². The average molecular weight is 224 g/mol. The molecule has 0 aliphatic carbocycles. The summed E-state index contributed by atoms with van der Waals surface area (Å²) in [4.78, 5) is 22.2. The molecule has 1 rings (SSSR count). The molecule has 6 heteroatoms. The van der Waals surface area contributed by atoms with Crippen LogP contribution in [0.3, 0.4) is 0 Å². The van der Waals surface area contributed by atoms with Gasteiger partial charge >= 0.3 is 0 Å². The molecular weight excluding hydrogens is 208 g/mol. The molecule has 0 saturated carbocycles. The molecule has 0 aromatic carbocycles. The monoisotopic (exact) mass is 224 g/mol. The second-order valence-corrected chi connectivity index (χ2v) is 3.67. The van der Waals surface area contributed by atoms with E-state index in [9.17, 15) is 9.59 Å². The first-order valence-electron chi connectivity index (χ1n) is 5.17. The highest BCUT2D eigenvalue weighted by Gasteiger charge is 2.05. The topological polar surface area (TPSA) is 86.9 Å². The highest BCUT2D eigenvalue weighted by molar-refractivity contribution is 5.91. The quantitative estimate of drug-likeness (QED) is 0.588. The van der Waals surface area contributed by atoms with Crippen LogP contribution in [0.5, 0.6) is 0 Å². The molecule has 16 heavy (non-hydrogen) atoms. The van der Waals surface area contributed by atoms with E-state index < -0.39 is 0 Å². The molecule has 1 aromatic heterocycles. The van der Waals surface area contributed by atoms with Crippen molar-refractivity contribution in [3.8, 4) is 0 Å². The van der Waals surface area contributed by atoms with Gasteiger partial charge < -0.3 is 10.6 Å². The number of rotatable bonds is 5. The average Bonchev–Trinajstić information content (AvgIpc) is 2.25. The summed E-state index contributed by atoms with van der Waals surface area (Å²) >= 11 is 0. The number of nitrogens with zero attached hydrogens (tertiary/aromatic N) is 1. The zero-order valence-electron chi connectivity index (χ0n) is 9.41. The van der Waals surface area contributed by atoms with E-state index in [0.717, 1.165) is 0 Å². The lowest BCUT2D eigenvalue weighted by Gasteiger charge is -2.08. The number of aromatic amines is 1. The van der Waals surface area contributed by atoms with E-state index in [1.807, 2.05) is 13.8 Å². The van der Waals surface area contributed by atoms with E-state index in [2.05, 4.69) is 20.8 Å². The van der Waals surface area contributed by atoms with Gasteiger partial charge in [0.25, 0.3) is 11.5 Å². The summed E-state index contributed by atoms with van der Waals surface area (Å²) in [5, 5.41) is 11.7. The smallest absolute Gasteiger partial charge is 0.271 e. The van der Waals surface area contributed by atoms with Gasteiger partial charge in [0.05, 0.1) is 0 Å². The number of carbonyl (C=O) groups excluding carboxylic acids is 1. The van der Waals surface area contributed by atoms with Crippen LogP contribution in [0.1, 0.15) is 24.3 Å². The number of hydrogen-bond acceptors (Lipinski definition) is 4. The molecule has 1 amide bonds. The van der Waals surface area contributed by atoms with Gasteiger partial charge in [-0.15, -0.1) is 0 Å². The van der Waals surface area contributed by atoms with Gasteiger partial charge in [-0.05, 0) is 6.07 Å². The molecule has 0 fully saturated rings. The minimum Gasteiger partial charge on any atom is -0.349 e. The Morgan fingerprint density at radius 2 is 2.19 bits per heavy atom. The Hall–Kier alpha value is -1.69. The predicted molar refractivity (Wildman–Crippen MR) is 60.3 cm³/mol. The number of nitrogens with one attached hydrogen (secondary N) is 3. The molecule has 88 valence electrons. The van der Waals surface area contributed by atoms with E-state index in [0.29, 0.717) is 19.1 Å². The van der Waals surface area contributed by atoms with Crippen LogP contribution in [-0.2, 0) is 0 Å². The first kappa shape index (κ1) is 12.4. The largest absolute Gasteiger partial charge is 0.349 e. The number of aromatic nitrogens is 2. The maximum Gasteiger partial charge on any atom is 0.271 e. The Morgan fingerprint density at radius 1 is 1.44 bits per heavy atom. The Labute approximate surface area is 93.5 Å². The number of carbonyl (C=O) groups is 1. The van der Waals surface area contributed by atoms with Crippen molar-refractivity contribution >= 4 is 5.91 Å². The summed E-state index contributed by atoms with van der Waals surface area (Å²) in [7, 11) is 0. The van der Waals surface area contributed by atoms with Crippen molar-refractivity contribution in [1.82, 2.24) is 20.8 Å². The number of H-pyrrole nitrogens is 1. The minimum atomic E-state index is -0.321. The van der Waals surface area contributed by atoms with E-state index in [1.54, 1.807) is 0 Å². The Morgan fingerprint density at radius 3 is 2.75 bits per heavy atom. The molecule has 1 aromatic rings. The highest BCUT2D eigenvalue weighted by atomic mass is 16.2. The molecule has 0 bridgehead atoms. The summed E-state index contributed by atoms with van der Waals surface area (Å²) in [6.07, 6.45) is 0. The first-order chi connectivity index (χ1) is 7.59. The highest BCUT2D eigenvalue weighted by Crippen LogP contribution is 1.87. The van der Waals surface area contributed by atoms with Crippen molar-refractivity contribution in [2.75, 3.05) is 13.1 Å². The predicted octanol–water partition coefficient (Wildman–Crippen LogP) is -0.502. The molecular formula is C10H16N4O2. The van der Waals surface area contributed by atoms with Crippen molar-refractivity contribution in [3.63, 3.8) is 0 Å². The van der Waals surface area contributed by atoms with Crippen molar-refractivity contribution in [3.05, 3.63) is 28.2 Å². The van der Waals surface area contributed by atoms with Crippen LogP contribution in [0.15, 0.2) is 16.9 Å². The molecule has 6 nitrogen and oxygen atoms in total. The maximum absolute atomic E-state index is 11.5. The van der Waals surface area contributed by atoms with Gasteiger partial charge in [0.2, 0.25) is 0 Å². The Balaban J connectivity index is 2.35. The van der Waals surface area contributed by atoms with E-state index >= 15 is 0 Å². The van der Waals surface area contributed by atoms with Gasteiger partial charge in [0.1, 0.15) is 5.69 Å². The fourth-order valence-electron chi connectivity index (χ4n) is 1.10. The van der Waals surface area contributed by atoms with E-state index in [1.165, 1.54) is 12.1 Å². The van der Waals surface area contributed by atoms with Gasteiger partial charge in [-0.3, -0.25) is 9.59 Å². The Bertz CT molecular complexity index is 380. The molecule has 3 N–H and O–H groups in total. The third-order valence-corrected chi connectivity index (χ3v) is 1.87. The minimum absolute atomic E-state index is 0.212. The van der Waals surface area contributed by atoms with Gasteiger partial charge in [-0.25, -0.2) is 5.10 Å². The van der Waals surface area contributed by atoms with Crippen LogP contribution < -0.4 is 16.2 Å². The second kappa shape index (κ2) is 6.02. The van der Waals surface area contributed by atoms with E-state index in [4.69, 9.17) is 0 Å². The lowest BCUT2D eigenvalue weighted by atomic mass is 10.3. The van der Waals surface area contributed by atoms with E-state index in [-0.39, 0.29) is 17.2 Å². The van der Waals surface area contributed by atoms with Crippen LogP contribution in [0, 0.1) is 0 Å². The molecule has 0 radical (unpaired) electrons. The summed E-state index contributed by atoms with van der Waals surface area (Å²) in [6, 6.07) is 3.06. The number of hydrogen-bond donors (Lipinski definition) is 3. The zero-order chi connectivity index (χ0) is 12.0. The number of amides is 1. The van der Waals surface area contributed by atoms with Crippen LogP contribution in [0.25, 0.3) is 0 Å². The third-order valence-electron chi connectivity index (χ3n) is 1.87. The fourth-order valence-corrected chi connectivity index (χ4v) is 1.10. The van der Waals surface area contributed by atoms with Gasteiger partial charge in [0, 0.05) is 25.2 Å². The van der Waals surface area contributed by atoms with Crippen LogP contribution >= 0.6 is 0 Å². The molecule has 0 saturated heterocycles. The van der Waals surface area contributed by atoms with Crippen molar-refractivity contribution in [2.24, 2.45) is 0 Å². The van der Waals surface area contributed by atoms with Gasteiger partial charge in [-0.1, -0.05) is 13.8 Å². The lowest BCUT2D eigenvalue weighted by molar-refractivity contribution is 0.0947. The third kappa shape index (κ3) is 4.22. The maximum atomic E-state index is 11.5. The second-order valence-electron chi connectivity index (χ2n) is 3.67. The molecule has 0 aliphatic heterocycles. The van der Waals surface area contributed by atoms with Gasteiger partial charge in [0.15, 0.2) is 0 Å². The summed E-state index contributed by atoms with van der Waals surface area (Å²) in [5.41, 5.74) is -0.109. The SMILES string of the molecule is CC(C)NCCNC(=O)c1ccc(=O)[nH]n1. The summed E-state index contributed by atoms with van der Waals surface area (Å²) in [5.74, 6) is -0.290. The zero-order valence-corrected chi connectivity index (χ0v) is 9.41. The standard InChI is InChI=1S/C10H16N4O2/c1-7(2)11-5-6-12-10(16)8-3-4-9(15)14-13-8/h3-4,7,11H,5-6H2,1-2H3,(H,12,16)(H,14,15). The van der Waals surface area contributed by atoms with Crippen LogP contribution in [0.4, 0.5) is 0 Å². The van der Waals surface area contributed by atoms with Crippen molar-refractivity contribution in [2.45, 2.75) is 19.9 Å². The molecule has 1 heterocycles. The summed E-state index contributed by atoms with van der Waals surface area (Å²) in [6.45, 7) is 5.29. The van der Waals surface area contributed by atoms with Crippen LogP contribution in [0.2, 0.25) is 0 Å². The van der Waals surface area contributed by atoms with Crippen molar-refractivity contribution in [1.29, 1.82) is 0 Å². The molecule has 0 atom stereocenters. The first-order valence-corrected chi connectivity index (χ1v) is 5.17. The normalized spacial score (nSPS) is 10.4. The van der Waals surface area contributed by atoms with Crippen LogP contribution in [-0.4, -0.2) is 35.2 Å². The Kier molecular flexibility index (Phi) is 4.65.